The molecule has 3 nitrogen and oxygen atoms in total. The van der Waals surface area contributed by atoms with Gasteiger partial charge in [-0.3, -0.25) is 0 Å². The zero-order chi connectivity index (χ0) is 12.3. The van der Waals surface area contributed by atoms with Crippen LogP contribution in [0.2, 0.25) is 5.02 Å². The molecule has 90 valence electrons. The molecule has 0 aliphatic carbocycles. The number of rotatable bonds is 4. The van der Waals surface area contributed by atoms with Gasteiger partial charge in [0.1, 0.15) is 5.75 Å². The molecule has 0 spiro atoms. The Labute approximate surface area is 105 Å². The van der Waals surface area contributed by atoms with Gasteiger partial charge < -0.3 is 9.52 Å². The Hall–Kier alpha value is -1.48. The molecule has 0 atom stereocenters. The van der Waals surface area contributed by atoms with Crippen LogP contribution in [0.1, 0.15) is 25.7 Å². The Balaban J connectivity index is 2.30. The van der Waals surface area contributed by atoms with Gasteiger partial charge in [0.05, 0.1) is 16.8 Å². The van der Waals surface area contributed by atoms with Crippen LogP contribution < -0.4 is 0 Å². The van der Waals surface area contributed by atoms with Crippen LogP contribution in [0.25, 0.3) is 11.3 Å². The van der Waals surface area contributed by atoms with Crippen LogP contribution in [0.3, 0.4) is 0 Å². The molecule has 4 heteroatoms. The van der Waals surface area contributed by atoms with Crippen LogP contribution in [0, 0.1) is 0 Å². The summed E-state index contributed by atoms with van der Waals surface area (Å²) in [6.45, 7) is 2.11. The van der Waals surface area contributed by atoms with Gasteiger partial charge in [0, 0.05) is 6.42 Å². The highest BCUT2D eigenvalue weighted by Gasteiger charge is 2.13. The molecular formula is C13H14ClNO2. The number of halogens is 1. The average Bonchev–Trinajstić information content (AvgIpc) is 2.75. The molecule has 1 heterocycles. The molecule has 0 unspecified atom stereocenters. The summed E-state index contributed by atoms with van der Waals surface area (Å²) in [5.74, 6) is 1.30. The van der Waals surface area contributed by atoms with Crippen LogP contribution in [0.4, 0.5) is 0 Å². The van der Waals surface area contributed by atoms with Gasteiger partial charge in [-0.2, -0.15) is 0 Å². The smallest absolute Gasteiger partial charge is 0.194 e. The third-order valence-corrected chi connectivity index (χ3v) is 2.85. The number of hydrogen-bond acceptors (Lipinski definition) is 3. The largest absolute Gasteiger partial charge is 0.507 e. The first-order valence-electron chi connectivity index (χ1n) is 5.65. The summed E-state index contributed by atoms with van der Waals surface area (Å²) in [6.07, 6.45) is 4.54. The number of aryl methyl sites for hydroxylation is 1. The summed E-state index contributed by atoms with van der Waals surface area (Å²) in [4.78, 5) is 4.18. The number of nitrogens with zero attached hydrogens (tertiary/aromatic N) is 1. The van der Waals surface area contributed by atoms with E-state index in [2.05, 4.69) is 11.9 Å². The van der Waals surface area contributed by atoms with Gasteiger partial charge in [0.15, 0.2) is 11.7 Å². The van der Waals surface area contributed by atoms with E-state index < -0.39 is 0 Å². The maximum Gasteiger partial charge on any atom is 0.194 e. The molecule has 1 aromatic carbocycles. The van der Waals surface area contributed by atoms with E-state index in [1.165, 1.54) is 0 Å². The van der Waals surface area contributed by atoms with Gasteiger partial charge in [0.25, 0.3) is 0 Å². The molecule has 1 aromatic heterocycles. The minimum absolute atomic E-state index is 0.107. The summed E-state index contributed by atoms with van der Waals surface area (Å²) in [7, 11) is 0. The van der Waals surface area contributed by atoms with E-state index in [0.29, 0.717) is 22.2 Å². The van der Waals surface area contributed by atoms with E-state index in [-0.39, 0.29) is 5.75 Å². The van der Waals surface area contributed by atoms with E-state index in [9.17, 15) is 5.11 Å². The molecule has 0 amide bonds. The highest BCUT2D eigenvalue weighted by molar-refractivity contribution is 6.33. The zero-order valence-electron chi connectivity index (χ0n) is 9.61. The van der Waals surface area contributed by atoms with Gasteiger partial charge in [-0.1, -0.05) is 31.0 Å². The van der Waals surface area contributed by atoms with Crippen molar-refractivity contribution in [3.63, 3.8) is 0 Å². The fourth-order valence-electron chi connectivity index (χ4n) is 1.63. The Morgan fingerprint density at radius 2 is 2.24 bits per heavy atom. The third kappa shape index (κ3) is 2.61. The molecule has 0 aliphatic rings. The second kappa shape index (κ2) is 5.23. The van der Waals surface area contributed by atoms with E-state index >= 15 is 0 Å². The molecule has 2 rings (SSSR count). The Kier molecular flexibility index (Phi) is 3.69. The molecule has 0 saturated heterocycles. The molecular weight excluding hydrogens is 238 g/mol. The number of oxazole rings is 1. The number of aromatic hydroxyl groups is 1. The first-order chi connectivity index (χ1) is 8.22. The number of benzene rings is 1. The number of aromatic nitrogens is 1. The summed E-state index contributed by atoms with van der Waals surface area (Å²) in [6, 6.07) is 4.98. The third-order valence-electron chi connectivity index (χ3n) is 2.54. The van der Waals surface area contributed by atoms with Crippen molar-refractivity contribution in [3.05, 3.63) is 35.3 Å². The van der Waals surface area contributed by atoms with E-state index in [1.807, 2.05) is 0 Å². The van der Waals surface area contributed by atoms with Crippen molar-refractivity contribution in [2.45, 2.75) is 26.2 Å². The van der Waals surface area contributed by atoms with Crippen molar-refractivity contribution in [1.29, 1.82) is 0 Å². The molecule has 17 heavy (non-hydrogen) atoms. The van der Waals surface area contributed by atoms with Crippen LogP contribution in [0.15, 0.2) is 28.8 Å². The lowest BCUT2D eigenvalue weighted by Crippen LogP contribution is -1.82. The Morgan fingerprint density at radius 1 is 1.41 bits per heavy atom. The van der Waals surface area contributed by atoms with Crippen LogP contribution in [-0.2, 0) is 6.42 Å². The lowest BCUT2D eigenvalue weighted by molar-refractivity contribution is 0.467. The number of phenolic OH excluding ortho intramolecular Hbond substituents is 1. The van der Waals surface area contributed by atoms with Gasteiger partial charge in [-0.05, 0) is 18.6 Å². The standard InChI is InChI=1S/C13H14ClNO2/c1-2-3-7-12-15-8-11(17-12)13-9(14)5-4-6-10(13)16/h4-6,8,16H,2-3,7H2,1H3. The van der Waals surface area contributed by atoms with Crippen molar-refractivity contribution >= 4 is 11.6 Å². The molecule has 0 radical (unpaired) electrons. The normalized spacial score (nSPS) is 10.7. The van der Waals surface area contributed by atoms with Crippen molar-refractivity contribution in [3.8, 4) is 17.1 Å². The van der Waals surface area contributed by atoms with Crippen LogP contribution >= 0.6 is 11.6 Å². The second-order valence-electron chi connectivity index (χ2n) is 3.86. The SMILES string of the molecule is CCCCc1ncc(-c2c(O)cccc2Cl)o1. The maximum absolute atomic E-state index is 9.76. The molecule has 1 N–H and O–H groups in total. The average molecular weight is 252 g/mol. The lowest BCUT2D eigenvalue weighted by atomic mass is 10.1. The lowest BCUT2D eigenvalue weighted by Gasteiger charge is -2.02. The Bertz CT molecular complexity index is 488. The fraction of sp³-hybridized carbons (Fsp3) is 0.308. The van der Waals surface area contributed by atoms with Gasteiger partial charge in [0.2, 0.25) is 0 Å². The minimum Gasteiger partial charge on any atom is -0.507 e. The Morgan fingerprint density at radius 3 is 2.94 bits per heavy atom. The molecule has 2 aromatic rings. The minimum atomic E-state index is 0.107. The number of hydrogen-bond donors (Lipinski definition) is 1. The molecule has 0 bridgehead atoms. The summed E-state index contributed by atoms with van der Waals surface area (Å²) in [5.41, 5.74) is 0.504. The van der Waals surface area contributed by atoms with Gasteiger partial charge in [-0.25, -0.2) is 4.98 Å². The number of phenols is 1. The fourth-order valence-corrected chi connectivity index (χ4v) is 1.89. The first kappa shape index (κ1) is 12.0. The number of unbranched alkanes of at least 4 members (excludes halogenated alkanes) is 1. The van der Waals surface area contributed by atoms with Crippen molar-refractivity contribution in [1.82, 2.24) is 4.98 Å². The highest BCUT2D eigenvalue weighted by Crippen LogP contribution is 2.35. The van der Waals surface area contributed by atoms with Crippen molar-refractivity contribution < 1.29 is 9.52 Å². The van der Waals surface area contributed by atoms with Gasteiger partial charge >= 0.3 is 0 Å². The van der Waals surface area contributed by atoms with Crippen LogP contribution in [-0.4, -0.2) is 10.1 Å². The highest BCUT2D eigenvalue weighted by atomic mass is 35.5. The molecule has 0 aliphatic heterocycles. The first-order valence-corrected chi connectivity index (χ1v) is 6.02. The summed E-state index contributed by atoms with van der Waals surface area (Å²) in [5, 5.41) is 10.2. The van der Waals surface area contributed by atoms with E-state index in [4.69, 9.17) is 16.0 Å². The van der Waals surface area contributed by atoms with Crippen molar-refractivity contribution in [2.75, 3.05) is 0 Å². The van der Waals surface area contributed by atoms with E-state index in [1.54, 1.807) is 24.4 Å². The quantitative estimate of drug-likeness (QED) is 0.892. The predicted octanol–water partition coefficient (Wildman–Crippen LogP) is 4.04. The zero-order valence-corrected chi connectivity index (χ0v) is 10.4. The van der Waals surface area contributed by atoms with E-state index in [0.717, 1.165) is 19.3 Å². The summed E-state index contributed by atoms with van der Waals surface area (Å²) >= 11 is 6.03. The molecule has 0 saturated carbocycles. The summed E-state index contributed by atoms with van der Waals surface area (Å²) < 4.78 is 5.58. The topological polar surface area (TPSA) is 46.3 Å². The van der Waals surface area contributed by atoms with Gasteiger partial charge in [-0.15, -0.1) is 0 Å². The molecule has 0 fully saturated rings. The van der Waals surface area contributed by atoms with Crippen molar-refractivity contribution in [2.24, 2.45) is 0 Å². The maximum atomic E-state index is 9.76. The monoisotopic (exact) mass is 251 g/mol. The predicted molar refractivity (Wildman–Crippen MR) is 67.2 cm³/mol. The van der Waals surface area contributed by atoms with Crippen LogP contribution in [0.5, 0.6) is 5.75 Å². The second-order valence-corrected chi connectivity index (χ2v) is 4.26.